The van der Waals surface area contributed by atoms with E-state index in [1.54, 1.807) is 6.20 Å². The van der Waals surface area contributed by atoms with Crippen molar-refractivity contribution in [3.8, 4) is 5.82 Å². The van der Waals surface area contributed by atoms with Crippen LogP contribution in [0.25, 0.3) is 5.82 Å². The Morgan fingerprint density at radius 2 is 2.06 bits per heavy atom. The zero-order valence-electron chi connectivity index (χ0n) is 18.5. The van der Waals surface area contributed by atoms with E-state index in [2.05, 4.69) is 25.8 Å². The van der Waals surface area contributed by atoms with Crippen molar-refractivity contribution < 1.29 is 14.3 Å². The third-order valence-corrected chi connectivity index (χ3v) is 7.58. The maximum absolute atomic E-state index is 13.4. The Morgan fingerprint density at radius 3 is 2.84 bits per heavy atom. The molecule has 2 saturated heterocycles. The zero-order chi connectivity index (χ0) is 22.0. The summed E-state index contributed by atoms with van der Waals surface area (Å²) in [7, 11) is 0. The Hall–Kier alpha value is -2.87. The van der Waals surface area contributed by atoms with Gasteiger partial charge in [-0.15, -0.1) is 0 Å². The van der Waals surface area contributed by atoms with Gasteiger partial charge in [-0.2, -0.15) is 0 Å². The van der Waals surface area contributed by atoms with Crippen LogP contribution in [0.2, 0.25) is 0 Å². The number of likely N-dealkylation sites (tertiary alicyclic amines) is 1. The Morgan fingerprint density at radius 1 is 1.25 bits per heavy atom. The largest absolute Gasteiger partial charge is 0.381 e. The second-order valence-corrected chi connectivity index (χ2v) is 9.85. The van der Waals surface area contributed by atoms with Crippen molar-refractivity contribution >= 4 is 17.5 Å². The summed E-state index contributed by atoms with van der Waals surface area (Å²) < 4.78 is 7.62. The van der Waals surface area contributed by atoms with Crippen molar-refractivity contribution in [3.05, 3.63) is 42.4 Å². The smallest absolute Gasteiger partial charge is 0.239 e. The molecule has 3 aliphatic heterocycles. The van der Waals surface area contributed by atoms with Crippen molar-refractivity contribution in [2.24, 2.45) is 17.8 Å². The molecular weight excluding hydrogens is 406 g/mol. The summed E-state index contributed by atoms with van der Waals surface area (Å²) in [6.45, 7) is 6.86. The molecule has 4 aliphatic rings. The minimum Gasteiger partial charge on any atom is -0.381 e. The summed E-state index contributed by atoms with van der Waals surface area (Å²) in [5.74, 6) is 1.96. The predicted octanol–water partition coefficient (Wildman–Crippen LogP) is 1.54. The number of amides is 2. The van der Waals surface area contributed by atoms with Crippen LogP contribution in [0.4, 0.5) is 5.69 Å². The molecule has 32 heavy (non-hydrogen) atoms. The molecule has 1 spiro atoms. The molecule has 4 atom stereocenters. The highest BCUT2D eigenvalue weighted by Gasteiger charge is 2.61. The second kappa shape index (κ2) is 7.07. The van der Waals surface area contributed by atoms with Gasteiger partial charge in [0.25, 0.3) is 0 Å². The molecule has 8 heteroatoms. The molecule has 5 heterocycles. The number of hydrogen-bond acceptors (Lipinski definition) is 5. The average molecular weight is 436 g/mol. The van der Waals surface area contributed by atoms with Crippen molar-refractivity contribution in [2.75, 3.05) is 37.7 Å². The molecule has 2 amide bonds. The number of aromatic nitrogens is 2. The molecule has 1 saturated carbocycles. The van der Waals surface area contributed by atoms with Crippen LogP contribution in [0.15, 0.2) is 36.7 Å². The fraction of sp³-hybridized carbons (Fsp3) is 0.542. The van der Waals surface area contributed by atoms with E-state index in [0.717, 1.165) is 23.6 Å². The minimum atomic E-state index is -0.454. The van der Waals surface area contributed by atoms with Crippen molar-refractivity contribution in [3.63, 3.8) is 0 Å². The second-order valence-electron chi connectivity index (χ2n) is 9.85. The van der Waals surface area contributed by atoms with Crippen LogP contribution in [-0.4, -0.2) is 65.2 Å². The fourth-order valence-corrected chi connectivity index (χ4v) is 6.07. The van der Waals surface area contributed by atoms with Crippen molar-refractivity contribution in [2.45, 2.75) is 31.8 Å². The monoisotopic (exact) mass is 435 g/mol. The molecule has 2 aromatic heterocycles. The Kier molecular flexibility index (Phi) is 4.37. The minimum absolute atomic E-state index is 0.0205. The molecule has 6 rings (SSSR count). The van der Waals surface area contributed by atoms with Crippen LogP contribution in [0.3, 0.4) is 0 Å². The maximum atomic E-state index is 13.4. The number of fused-ring (bicyclic) bond motifs is 5. The first-order valence-corrected chi connectivity index (χ1v) is 11.6. The van der Waals surface area contributed by atoms with E-state index < -0.39 is 5.54 Å². The lowest BCUT2D eigenvalue weighted by Gasteiger charge is -2.46. The van der Waals surface area contributed by atoms with E-state index in [1.807, 2.05) is 43.1 Å². The molecule has 0 bridgehead atoms. The van der Waals surface area contributed by atoms with Gasteiger partial charge in [0.15, 0.2) is 5.82 Å². The topological polar surface area (TPSA) is 79.7 Å². The van der Waals surface area contributed by atoms with E-state index in [-0.39, 0.29) is 30.3 Å². The molecule has 168 valence electrons. The number of nitrogens with zero attached hydrogens (tertiary/aromatic N) is 4. The van der Waals surface area contributed by atoms with E-state index in [4.69, 9.17) is 4.74 Å². The van der Waals surface area contributed by atoms with Crippen LogP contribution in [0.1, 0.15) is 26.0 Å². The standard InChI is InChI=1S/C24H29N5O3/c1-15(2)26-20(30)11-29-18-5-3-8-25-22(18)28-9-4-6-19(28)24(29)7-10-27(14-24)23(31)21-16-12-32-13-17(16)21/h3-6,8-9,15-17,21H,7,10-14H2,1-2H3,(H,26,30)/t16-,17+,21?,24-/m0/s1. The van der Waals surface area contributed by atoms with Gasteiger partial charge in [-0.3, -0.25) is 9.59 Å². The number of nitrogens with one attached hydrogen (secondary N) is 1. The van der Waals surface area contributed by atoms with Gasteiger partial charge < -0.3 is 24.4 Å². The first-order valence-electron chi connectivity index (χ1n) is 11.6. The fourth-order valence-electron chi connectivity index (χ4n) is 6.07. The van der Waals surface area contributed by atoms with Gasteiger partial charge in [0, 0.05) is 37.4 Å². The third-order valence-electron chi connectivity index (χ3n) is 7.58. The van der Waals surface area contributed by atoms with E-state index in [1.165, 1.54) is 0 Å². The number of carbonyl (C=O) groups is 2. The van der Waals surface area contributed by atoms with Crippen LogP contribution < -0.4 is 10.2 Å². The van der Waals surface area contributed by atoms with Crippen molar-refractivity contribution in [1.29, 1.82) is 0 Å². The lowest BCUT2D eigenvalue weighted by atomic mass is 9.88. The molecule has 1 unspecified atom stereocenters. The molecule has 0 radical (unpaired) electrons. The lowest BCUT2D eigenvalue weighted by molar-refractivity contribution is -0.133. The summed E-state index contributed by atoms with van der Waals surface area (Å²) >= 11 is 0. The lowest BCUT2D eigenvalue weighted by Crippen LogP contribution is -2.56. The van der Waals surface area contributed by atoms with Crippen LogP contribution in [-0.2, 0) is 19.9 Å². The van der Waals surface area contributed by atoms with Gasteiger partial charge >= 0.3 is 0 Å². The quantitative estimate of drug-likeness (QED) is 0.788. The van der Waals surface area contributed by atoms with Crippen LogP contribution in [0.5, 0.6) is 0 Å². The van der Waals surface area contributed by atoms with Crippen molar-refractivity contribution in [1.82, 2.24) is 19.8 Å². The average Bonchev–Trinajstić information content (AvgIpc) is 3.26. The molecule has 8 nitrogen and oxygen atoms in total. The SMILES string of the molecule is CC(C)NC(=O)CN1c2cccnc2-n2cccc2[C@@]12CCN(C(=O)C1[C@H]3COC[C@@H]13)C2. The molecule has 0 aromatic carbocycles. The summed E-state index contributed by atoms with van der Waals surface area (Å²) in [5.41, 5.74) is 1.57. The number of carbonyl (C=O) groups excluding carboxylic acids is 2. The van der Waals surface area contributed by atoms with Gasteiger partial charge in [0.2, 0.25) is 11.8 Å². The summed E-state index contributed by atoms with van der Waals surface area (Å²) in [6, 6.07) is 8.15. The van der Waals surface area contributed by atoms with Gasteiger partial charge in [0.05, 0.1) is 31.1 Å². The molecule has 2 aromatic rings. The number of ether oxygens (including phenoxy) is 1. The Bertz CT molecular complexity index is 1070. The first-order chi connectivity index (χ1) is 15.5. The third kappa shape index (κ3) is 2.81. The van der Waals surface area contributed by atoms with E-state index in [0.29, 0.717) is 38.1 Å². The predicted molar refractivity (Wildman–Crippen MR) is 118 cm³/mol. The molecule has 1 aliphatic carbocycles. The maximum Gasteiger partial charge on any atom is 0.239 e. The highest BCUT2D eigenvalue weighted by atomic mass is 16.5. The van der Waals surface area contributed by atoms with Gasteiger partial charge in [-0.05, 0) is 56.4 Å². The van der Waals surface area contributed by atoms with Gasteiger partial charge in [-0.25, -0.2) is 4.98 Å². The summed E-state index contributed by atoms with van der Waals surface area (Å²) in [5, 5.41) is 3.03. The highest BCUT2D eigenvalue weighted by molar-refractivity contribution is 5.85. The summed E-state index contributed by atoms with van der Waals surface area (Å²) in [6.07, 6.45) is 4.59. The van der Waals surface area contributed by atoms with E-state index in [9.17, 15) is 9.59 Å². The van der Waals surface area contributed by atoms with E-state index >= 15 is 0 Å². The highest BCUT2D eigenvalue weighted by Crippen LogP contribution is 2.53. The number of rotatable bonds is 4. The number of pyridine rings is 1. The van der Waals surface area contributed by atoms with Crippen LogP contribution >= 0.6 is 0 Å². The molecule has 1 N–H and O–H groups in total. The number of hydrogen-bond donors (Lipinski definition) is 1. The number of anilines is 1. The normalized spacial score (nSPS) is 29.8. The van der Waals surface area contributed by atoms with Crippen LogP contribution in [0, 0.1) is 17.8 Å². The zero-order valence-corrected chi connectivity index (χ0v) is 18.5. The van der Waals surface area contributed by atoms with Gasteiger partial charge in [0.1, 0.15) is 5.54 Å². The Balaban J connectivity index is 1.36. The first kappa shape index (κ1) is 19.8. The van der Waals surface area contributed by atoms with Gasteiger partial charge in [-0.1, -0.05) is 0 Å². The Labute approximate surface area is 187 Å². The molecular formula is C24H29N5O3. The summed E-state index contributed by atoms with van der Waals surface area (Å²) in [4.78, 5) is 35.1. The molecule has 3 fully saturated rings.